The molecule has 9 nitrogen and oxygen atoms in total. The van der Waals surface area contributed by atoms with Crippen molar-refractivity contribution >= 4 is 34.1 Å². The summed E-state index contributed by atoms with van der Waals surface area (Å²) in [5.74, 6) is 0.665. The summed E-state index contributed by atoms with van der Waals surface area (Å²) in [6.45, 7) is -0.200. The van der Waals surface area contributed by atoms with Gasteiger partial charge in [0, 0.05) is 35.1 Å². The standard InChI is InChI=1S/C25H18ClN5O4/c1-34-21-9-8-16(11-19(21)26)28-22(32)14-31-20-7-3-2-6-17(20)18(12-23(31)33)25-29-24(30-35-25)15-5-4-10-27-13-15/h2-13H,14H2,1H3,(H,28,32). The van der Waals surface area contributed by atoms with E-state index in [0.29, 0.717) is 44.3 Å². The number of ether oxygens (including phenoxy) is 1. The number of nitrogens with one attached hydrogen (secondary N) is 1. The molecule has 0 aliphatic heterocycles. The Bertz CT molecular complexity index is 1600. The normalized spacial score (nSPS) is 10.9. The number of amides is 1. The number of para-hydroxylation sites is 1. The molecular formula is C25H18ClN5O4. The number of methoxy groups -OCH3 is 1. The number of nitrogens with zero attached hydrogens (tertiary/aromatic N) is 4. The molecule has 0 aliphatic carbocycles. The predicted octanol–water partition coefficient (Wildman–Crippen LogP) is 4.41. The van der Waals surface area contributed by atoms with Crippen molar-refractivity contribution < 1.29 is 14.1 Å². The Hall–Kier alpha value is -4.50. The molecule has 0 bridgehead atoms. The summed E-state index contributed by atoms with van der Waals surface area (Å²) in [6, 6.07) is 17.1. The number of benzene rings is 2. The monoisotopic (exact) mass is 487 g/mol. The molecule has 0 fully saturated rings. The minimum atomic E-state index is -0.386. The van der Waals surface area contributed by atoms with Crippen molar-refractivity contribution in [1.82, 2.24) is 19.7 Å². The molecule has 0 unspecified atom stereocenters. The van der Waals surface area contributed by atoms with Crippen LogP contribution in [0.25, 0.3) is 33.7 Å². The fraction of sp³-hybridized carbons (Fsp3) is 0.0800. The summed E-state index contributed by atoms with van der Waals surface area (Å²) in [5.41, 5.74) is 1.83. The number of rotatable bonds is 6. The van der Waals surface area contributed by atoms with Crippen LogP contribution in [0.3, 0.4) is 0 Å². The van der Waals surface area contributed by atoms with Gasteiger partial charge in [-0.2, -0.15) is 4.98 Å². The molecule has 5 aromatic rings. The molecule has 1 amide bonds. The first-order valence-electron chi connectivity index (χ1n) is 10.5. The van der Waals surface area contributed by atoms with Gasteiger partial charge in [0.2, 0.25) is 11.7 Å². The summed E-state index contributed by atoms with van der Waals surface area (Å²) < 4.78 is 12.0. The van der Waals surface area contributed by atoms with Crippen LogP contribution in [0.2, 0.25) is 5.02 Å². The predicted molar refractivity (Wildman–Crippen MR) is 131 cm³/mol. The highest BCUT2D eigenvalue weighted by Crippen LogP contribution is 2.29. The first kappa shape index (κ1) is 22.3. The van der Waals surface area contributed by atoms with Crippen LogP contribution in [-0.4, -0.2) is 32.7 Å². The van der Waals surface area contributed by atoms with Crippen molar-refractivity contribution in [2.75, 3.05) is 12.4 Å². The maximum Gasteiger partial charge on any atom is 0.259 e. The fourth-order valence-electron chi connectivity index (χ4n) is 3.71. The highest BCUT2D eigenvalue weighted by Gasteiger charge is 2.18. The molecule has 0 atom stereocenters. The quantitative estimate of drug-likeness (QED) is 0.377. The highest BCUT2D eigenvalue weighted by molar-refractivity contribution is 6.32. The van der Waals surface area contributed by atoms with Crippen LogP contribution in [-0.2, 0) is 11.3 Å². The molecule has 3 heterocycles. The summed E-state index contributed by atoms with van der Waals surface area (Å²) in [6.07, 6.45) is 3.27. The third kappa shape index (κ3) is 4.49. The number of anilines is 1. The van der Waals surface area contributed by atoms with Gasteiger partial charge in [-0.25, -0.2) is 0 Å². The Labute approximate surface area is 204 Å². The average molecular weight is 488 g/mol. The Morgan fingerprint density at radius 2 is 2.00 bits per heavy atom. The maximum atomic E-state index is 13.1. The lowest BCUT2D eigenvalue weighted by Gasteiger charge is -2.13. The van der Waals surface area contributed by atoms with E-state index in [4.69, 9.17) is 20.9 Å². The number of hydrogen-bond acceptors (Lipinski definition) is 7. The molecule has 2 aromatic carbocycles. The number of halogens is 1. The SMILES string of the molecule is COc1ccc(NC(=O)Cn2c(=O)cc(-c3nc(-c4cccnc4)no3)c3ccccc32)cc1Cl. The molecule has 0 saturated heterocycles. The summed E-state index contributed by atoms with van der Waals surface area (Å²) in [7, 11) is 1.51. The second-order valence-corrected chi connectivity index (χ2v) is 7.97. The van der Waals surface area contributed by atoms with Crippen molar-refractivity contribution in [3.8, 4) is 28.6 Å². The molecule has 0 saturated carbocycles. The minimum absolute atomic E-state index is 0.196. The summed E-state index contributed by atoms with van der Waals surface area (Å²) in [5, 5.41) is 7.83. The van der Waals surface area contributed by atoms with E-state index in [1.54, 1.807) is 48.8 Å². The van der Waals surface area contributed by atoms with Crippen LogP contribution in [0.4, 0.5) is 5.69 Å². The average Bonchev–Trinajstić information content (AvgIpc) is 3.36. The van der Waals surface area contributed by atoms with E-state index in [-0.39, 0.29) is 23.9 Å². The number of carbonyl (C=O) groups excluding carboxylic acids is 1. The zero-order valence-electron chi connectivity index (χ0n) is 18.4. The van der Waals surface area contributed by atoms with Crippen LogP contribution >= 0.6 is 11.6 Å². The van der Waals surface area contributed by atoms with E-state index in [1.807, 2.05) is 18.2 Å². The van der Waals surface area contributed by atoms with E-state index >= 15 is 0 Å². The number of fused-ring (bicyclic) bond motifs is 1. The molecule has 1 N–H and O–H groups in total. The number of hydrogen-bond donors (Lipinski definition) is 1. The molecule has 174 valence electrons. The van der Waals surface area contributed by atoms with E-state index < -0.39 is 0 Å². The molecule has 35 heavy (non-hydrogen) atoms. The molecule has 10 heteroatoms. The van der Waals surface area contributed by atoms with Crippen LogP contribution in [0.5, 0.6) is 5.75 Å². The molecule has 5 rings (SSSR count). The molecule has 0 radical (unpaired) electrons. The third-order valence-corrected chi connectivity index (χ3v) is 5.63. The van der Waals surface area contributed by atoms with Crippen molar-refractivity contribution in [2.24, 2.45) is 0 Å². The fourth-order valence-corrected chi connectivity index (χ4v) is 3.97. The van der Waals surface area contributed by atoms with Gasteiger partial charge < -0.3 is 14.6 Å². The van der Waals surface area contributed by atoms with Gasteiger partial charge in [0.05, 0.1) is 23.2 Å². The second-order valence-electron chi connectivity index (χ2n) is 7.56. The van der Waals surface area contributed by atoms with Gasteiger partial charge in [0.1, 0.15) is 12.3 Å². The largest absolute Gasteiger partial charge is 0.495 e. The second kappa shape index (κ2) is 9.40. The van der Waals surface area contributed by atoms with Crippen molar-refractivity contribution in [2.45, 2.75) is 6.54 Å². The van der Waals surface area contributed by atoms with Gasteiger partial charge >= 0.3 is 0 Å². The Balaban J connectivity index is 1.47. The Morgan fingerprint density at radius 3 is 2.77 bits per heavy atom. The smallest absolute Gasteiger partial charge is 0.259 e. The zero-order chi connectivity index (χ0) is 24.4. The van der Waals surface area contributed by atoms with E-state index in [1.165, 1.54) is 17.7 Å². The first-order valence-corrected chi connectivity index (χ1v) is 10.9. The van der Waals surface area contributed by atoms with Gasteiger partial charge in [-0.1, -0.05) is 35.0 Å². The maximum absolute atomic E-state index is 13.1. The lowest BCUT2D eigenvalue weighted by molar-refractivity contribution is -0.116. The number of carbonyl (C=O) groups is 1. The lowest BCUT2D eigenvalue weighted by Crippen LogP contribution is -2.27. The highest BCUT2D eigenvalue weighted by atomic mass is 35.5. The van der Waals surface area contributed by atoms with E-state index in [9.17, 15) is 9.59 Å². The first-order chi connectivity index (χ1) is 17.0. The molecule has 0 aliphatic rings. The molecule has 3 aromatic heterocycles. The zero-order valence-corrected chi connectivity index (χ0v) is 19.2. The topological polar surface area (TPSA) is 112 Å². The van der Waals surface area contributed by atoms with Gasteiger partial charge in [0.25, 0.3) is 11.4 Å². The van der Waals surface area contributed by atoms with Crippen molar-refractivity contribution in [3.05, 3.63) is 88.4 Å². The van der Waals surface area contributed by atoms with Gasteiger partial charge in [-0.05, 0) is 36.4 Å². The van der Waals surface area contributed by atoms with Gasteiger partial charge in [0.15, 0.2) is 0 Å². The summed E-state index contributed by atoms with van der Waals surface area (Å²) >= 11 is 6.14. The Kier molecular flexibility index (Phi) is 5.99. The van der Waals surface area contributed by atoms with E-state index in [0.717, 1.165) is 0 Å². The minimum Gasteiger partial charge on any atom is -0.495 e. The van der Waals surface area contributed by atoms with Crippen molar-refractivity contribution in [3.63, 3.8) is 0 Å². The van der Waals surface area contributed by atoms with Crippen molar-refractivity contribution in [1.29, 1.82) is 0 Å². The number of aromatic nitrogens is 4. The number of pyridine rings is 2. The summed E-state index contributed by atoms with van der Waals surface area (Å²) in [4.78, 5) is 34.3. The van der Waals surface area contributed by atoms with Gasteiger partial charge in [-0.15, -0.1) is 0 Å². The molecule has 0 spiro atoms. The third-order valence-electron chi connectivity index (χ3n) is 5.33. The van der Waals surface area contributed by atoms with Gasteiger partial charge in [-0.3, -0.25) is 19.1 Å². The lowest BCUT2D eigenvalue weighted by atomic mass is 10.1. The van der Waals surface area contributed by atoms with Crippen LogP contribution in [0, 0.1) is 0 Å². The Morgan fingerprint density at radius 1 is 1.14 bits per heavy atom. The van der Waals surface area contributed by atoms with E-state index in [2.05, 4.69) is 20.4 Å². The molecular weight excluding hydrogens is 470 g/mol. The van der Waals surface area contributed by atoms with Crippen LogP contribution in [0.1, 0.15) is 0 Å². The van der Waals surface area contributed by atoms with Crippen LogP contribution < -0.4 is 15.6 Å². The van der Waals surface area contributed by atoms with Crippen LogP contribution in [0.15, 0.2) is 82.4 Å².